The summed E-state index contributed by atoms with van der Waals surface area (Å²) in [5, 5.41) is 18.6. The molecular weight excluding hydrogens is 2360 g/mol. The van der Waals surface area contributed by atoms with Crippen molar-refractivity contribution in [2.45, 2.75) is 168 Å². The molecule has 10 aliphatic rings. The van der Waals surface area contributed by atoms with Gasteiger partial charge in [0.05, 0.1) is 47.3 Å². The highest BCUT2D eigenvalue weighted by atomic mass is 79.9. The predicted molar refractivity (Wildman–Crippen MR) is 589 cm³/mol. The van der Waals surface area contributed by atoms with Crippen LogP contribution >= 0.6 is 174 Å². The third-order valence-electron chi connectivity index (χ3n) is 29.1. The topological polar surface area (TPSA) is 195 Å². The Balaban J connectivity index is 0.000000129. The molecule has 0 unspecified atom stereocenters. The lowest BCUT2D eigenvalue weighted by atomic mass is 9.88. The molecule has 2 N–H and O–H groups in total. The van der Waals surface area contributed by atoms with Crippen LogP contribution in [0.4, 0.5) is 0 Å². The molecule has 4 aliphatic carbocycles. The van der Waals surface area contributed by atoms with Crippen molar-refractivity contribution in [1.29, 1.82) is 10.8 Å². The largest absolute Gasteiger partial charge is 0.361 e. The zero-order valence-corrected chi connectivity index (χ0v) is 94.7. The average Bonchev–Trinajstić information content (AvgIpc) is 1.58. The summed E-state index contributed by atoms with van der Waals surface area (Å²) >= 11 is 55.3. The molecule has 140 heavy (non-hydrogen) atoms. The van der Waals surface area contributed by atoms with Gasteiger partial charge in [-0.05, 0) is 346 Å². The fourth-order valence-electron chi connectivity index (χ4n) is 21.6. The molecule has 30 heteroatoms. The summed E-state index contributed by atoms with van der Waals surface area (Å²) in [5.74, 6) is 3.06. The number of carbonyl (C=O) groups is 4. The van der Waals surface area contributed by atoms with Crippen molar-refractivity contribution in [3.8, 4) is 0 Å². The number of aryl methyl sites for hydroxylation is 10. The van der Waals surface area contributed by atoms with Crippen LogP contribution in [0.2, 0.25) is 20.1 Å². The second kappa shape index (κ2) is 46.9. The third kappa shape index (κ3) is 24.9. The number of carbonyl (C=O) groups excluding carboxylic acids is 4. The molecule has 4 aromatic carbocycles. The van der Waals surface area contributed by atoms with Crippen LogP contribution in [0, 0.1) is 22.7 Å². The number of amidine groups is 2. The predicted octanol–water partition coefficient (Wildman–Crippen LogP) is 25.5. The number of benzene rings is 4. The number of rotatable bonds is 8. The minimum absolute atomic E-state index is 0.189. The molecule has 10 aromatic rings. The van der Waals surface area contributed by atoms with Gasteiger partial charge in [-0.25, -0.2) is 9.13 Å². The van der Waals surface area contributed by atoms with Crippen molar-refractivity contribution in [3.05, 3.63) is 325 Å². The highest BCUT2D eigenvalue weighted by Crippen LogP contribution is 2.49. The zero-order valence-electron chi connectivity index (χ0n) is 79.0. The van der Waals surface area contributed by atoms with Gasteiger partial charge in [0, 0.05) is 241 Å². The SMILES string of the molecule is CC(=N)N1CCC(CC(=O)N2CCC(=C3c4ncc(Br)cc4CCc4cc(Cl)cc(Br)c43)CC2)CC1.CC(=N)N1CCC(CC(=O)N2CCC(=C3c4ncc(Br)cc4CCc4cc(Cl)cc(Br)c43)CC2)CC1.C[n+]1ccc(CC(=O)N2CCC(=C3c4ncc(Br)cc4CCc4cc(Cl)cc(Br)c43)CC2)cc1.C[n+]1ccc(CC(=O)N2CCC(=C3c4ncc(Br)cc4CCc4cc(Cl)cc(Br)c43)CC2)cc1. The van der Waals surface area contributed by atoms with E-state index in [0.717, 1.165) is 297 Å². The normalized spacial score (nSPS) is 17.1. The number of nitrogens with zero attached hydrogens (tertiary/aromatic N) is 12. The molecule has 0 saturated carbocycles. The summed E-state index contributed by atoms with van der Waals surface area (Å²) in [4.78, 5) is 84.1. The minimum atomic E-state index is 0.189. The first-order chi connectivity index (χ1) is 67.4. The van der Waals surface area contributed by atoms with Crippen LogP contribution < -0.4 is 9.13 Å². The lowest BCUT2D eigenvalue weighted by molar-refractivity contribution is -0.671. The fraction of sp³-hybridized carbons (Fsp3) is 0.382. The lowest BCUT2D eigenvalue weighted by Crippen LogP contribution is -2.40. The number of piperidine rings is 6. The number of nitrogens with one attached hydrogen (secondary N) is 2. The Labute approximate surface area is 908 Å². The van der Waals surface area contributed by atoms with Gasteiger partial charge in [-0.2, -0.15) is 0 Å². The van der Waals surface area contributed by atoms with Crippen molar-refractivity contribution in [2.75, 3.05) is 78.5 Å². The molecule has 6 aliphatic heterocycles. The number of amides is 4. The first-order valence-corrected chi connectivity index (χ1v) is 56.2. The van der Waals surface area contributed by atoms with E-state index in [2.05, 4.69) is 196 Å². The van der Waals surface area contributed by atoms with E-state index in [9.17, 15) is 19.2 Å². The van der Waals surface area contributed by atoms with Crippen LogP contribution in [0.25, 0.3) is 22.3 Å². The monoisotopic (exact) mass is 2460 g/mol. The summed E-state index contributed by atoms with van der Waals surface area (Å²) in [6, 6.07) is 33.1. The first-order valence-electron chi connectivity index (χ1n) is 48.4. The van der Waals surface area contributed by atoms with E-state index < -0.39 is 0 Å². The first kappa shape index (κ1) is 104. The number of pyridine rings is 6. The molecule has 728 valence electrons. The Kier molecular flexibility index (Phi) is 34.9. The molecule has 12 heterocycles. The Bertz CT molecular complexity index is 6220. The van der Waals surface area contributed by atoms with Crippen molar-refractivity contribution in [1.82, 2.24) is 49.3 Å². The molecule has 6 saturated heterocycles. The summed E-state index contributed by atoms with van der Waals surface area (Å²) in [6.45, 7) is 13.2. The van der Waals surface area contributed by atoms with Crippen LogP contribution in [-0.2, 0) is 97.5 Å². The molecule has 0 radical (unpaired) electrons. The maximum atomic E-state index is 13.2. The summed E-state index contributed by atoms with van der Waals surface area (Å²) < 4.78 is 12.0. The van der Waals surface area contributed by atoms with Gasteiger partial charge >= 0.3 is 0 Å². The summed E-state index contributed by atoms with van der Waals surface area (Å²) in [6.07, 6.45) is 35.7. The zero-order chi connectivity index (χ0) is 98.4. The number of likely N-dealkylation sites (tertiary alicyclic amines) is 6. The third-order valence-corrected chi connectivity index (χ3v) is 34.2. The smallest absolute Gasteiger partial charge is 0.227 e. The second-order valence-corrected chi connectivity index (χ2v) is 47.1. The number of aromatic nitrogens is 6. The quantitative estimate of drug-likeness (QED) is 0.0839. The Morgan fingerprint density at radius 3 is 0.764 bits per heavy atom. The number of hydrogen-bond acceptors (Lipinski definition) is 10. The number of fused-ring (bicyclic) bond motifs is 8. The lowest BCUT2D eigenvalue weighted by Gasteiger charge is -2.35. The maximum absolute atomic E-state index is 13.2. The van der Waals surface area contributed by atoms with E-state index in [1.165, 1.54) is 111 Å². The molecule has 6 fully saturated rings. The van der Waals surface area contributed by atoms with Gasteiger partial charge in [0.2, 0.25) is 23.6 Å². The van der Waals surface area contributed by atoms with Crippen LogP contribution in [-0.4, -0.2) is 163 Å². The molecular formula is C110H112Br8Cl4N14O4+2. The Morgan fingerprint density at radius 2 is 0.536 bits per heavy atom. The summed E-state index contributed by atoms with van der Waals surface area (Å²) in [5.41, 5.74) is 31.4. The van der Waals surface area contributed by atoms with Crippen molar-refractivity contribution >= 4 is 231 Å². The fourth-order valence-corrected chi connectivity index (χ4v) is 27.4. The van der Waals surface area contributed by atoms with Crippen molar-refractivity contribution in [2.24, 2.45) is 25.9 Å². The van der Waals surface area contributed by atoms with Crippen LogP contribution in [0.3, 0.4) is 0 Å². The van der Waals surface area contributed by atoms with E-state index in [1.54, 1.807) is 0 Å². The van der Waals surface area contributed by atoms with E-state index in [0.29, 0.717) is 49.2 Å². The van der Waals surface area contributed by atoms with E-state index in [4.69, 9.17) is 77.2 Å². The Morgan fingerprint density at radius 1 is 0.314 bits per heavy atom. The standard InChI is InChI=1S/2C28H31Br2ClN4O.2C27H25Br2ClN3O/c2*1-17(32)34-8-4-18(5-9-34)12-25(36)35-10-6-19(7-11-35)27-26-20(14-23(31)15-24(26)30)2-3-21-13-22(29)16-33-28(21)27;2*1-32-8-4-17(5-9-32)12-24(34)33-10-6-18(7-11-33)26-25-19(14-22(30)15-23(25)29)2-3-20-13-21(28)16-31-27(20)26/h2*13-16,18,32H,2-12H2,1H3;2*4-5,8-9,13-16H,2-3,6-7,10-12H2,1H3/q;;2*+1. The van der Waals surface area contributed by atoms with Gasteiger partial charge in [0.15, 0.2) is 24.8 Å². The number of hydrogen-bond donors (Lipinski definition) is 2. The molecule has 0 atom stereocenters. The molecule has 4 amide bonds. The van der Waals surface area contributed by atoms with E-state index in [1.807, 2.05) is 145 Å². The molecule has 0 spiro atoms. The number of halogens is 12. The Hall–Kier alpha value is -7.44. The van der Waals surface area contributed by atoms with Crippen LogP contribution in [0.5, 0.6) is 0 Å². The van der Waals surface area contributed by atoms with Crippen LogP contribution in [0.15, 0.2) is 205 Å². The van der Waals surface area contributed by atoms with Crippen LogP contribution in [0.1, 0.15) is 204 Å². The van der Waals surface area contributed by atoms with Gasteiger partial charge in [-0.3, -0.25) is 49.9 Å². The average molecular weight is 2480 g/mol. The van der Waals surface area contributed by atoms with Crippen molar-refractivity contribution < 1.29 is 28.3 Å². The second-order valence-electron chi connectivity index (χ2n) is 38.3. The molecule has 0 bridgehead atoms. The van der Waals surface area contributed by atoms with Gasteiger partial charge < -0.3 is 29.4 Å². The van der Waals surface area contributed by atoms with E-state index in [-0.39, 0.29) is 23.6 Å². The molecule has 6 aromatic heterocycles. The van der Waals surface area contributed by atoms with Gasteiger partial charge in [-0.15, -0.1) is 0 Å². The molecule has 20 rings (SSSR count). The summed E-state index contributed by atoms with van der Waals surface area (Å²) in [7, 11) is 3.96. The van der Waals surface area contributed by atoms with E-state index >= 15 is 0 Å². The highest BCUT2D eigenvalue weighted by molar-refractivity contribution is 9.11. The van der Waals surface area contributed by atoms with Gasteiger partial charge in [-0.1, -0.05) is 132 Å². The minimum Gasteiger partial charge on any atom is -0.361 e. The van der Waals surface area contributed by atoms with Gasteiger partial charge in [0.1, 0.15) is 14.1 Å². The van der Waals surface area contributed by atoms with Crippen molar-refractivity contribution in [3.63, 3.8) is 0 Å². The molecule has 18 nitrogen and oxygen atoms in total. The maximum Gasteiger partial charge on any atom is 0.227 e. The van der Waals surface area contributed by atoms with Gasteiger partial charge in [0.25, 0.3) is 0 Å². The highest BCUT2D eigenvalue weighted by Gasteiger charge is 2.37.